The van der Waals surface area contributed by atoms with Crippen LogP contribution in [-0.2, 0) is 0 Å². The van der Waals surface area contributed by atoms with Crippen molar-refractivity contribution in [1.29, 1.82) is 0 Å². The third kappa shape index (κ3) is 3.13. The number of aromatic nitrogens is 1. The first kappa shape index (κ1) is 18.2. The molecule has 0 fully saturated rings. The smallest absolute Gasteiger partial charge is 0.258 e. The third-order valence-electron chi connectivity index (χ3n) is 3.89. The number of nitrogens with one attached hydrogen (secondary N) is 2. The summed E-state index contributed by atoms with van der Waals surface area (Å²) in [6, 6.07) is 6.58. The lowest BCUT2D eigenvalue weighted by Crippen LogP contribution is -2.12. The quantitative estimate of drug-likeness (QED) is 0.654. The number of ether oxygens (including phenoxy) is 3. The van der Waals surface area contributed by atoms with E-state index in [9.17, 15) is 4.79 Å². The summed E-state index contributed by atoms with van der Waals surface area (Å²) in [6.07, 6.45) is 1.58. The van der Waals surface area contributed by atoms with E-state index >= 15 is 0 Å². The highest BCUT2D eigenvalue weighted by molar-refractivity contribution is 6.36. The van der Waals surface area contributed by atoms with Gasteiger partial charge in [0.15, 0.2) is 11.5 Å². The number of carbonyl (C=O) groups excluding carboxylic acids is 1. The third-order valence-corrected chi connectivity index (χ3v) is 4.46. The molecule has 1 heterocycles. The van der Waals surface area contributed by atoms with Crippen LogP contribution in [0.15, 0.2) is 30.5 Å². The molecule has 0 radical (unpaired) electrons. The van der Waals surface area contributed by atoms with E-state index < -0.39 is 0 Å². The number of hydrogen-bond acceptors (Lipinski definition) is 4. The van der Waals surface area contributed by atoms with E-state index in [2.05, 4.69) is 10.3 Å². The number of aromatic amines is 1. The highest BCUT2D eigenvalue weighted by Crippen LogP contribution is 2.44. The van der Waals surface area contributed by atoms with Crippen LogP contribution in [0, 0.1) is 0 Å². The van der Waals surface area contributed by atoms with Crippen LogP contribution in [0.1, 0.15) is 10.4 Å². The van der Waals surface area contributed by atoms with Gasteiger partial charge in [-0.05, 0) is 18.2 Å². The zero-order valence-electron chi connectivity index (χ0n) is 14.3. The van der Waals surface area contributed by atoms with Crippen molar-refractivity contribution in [3.63, 3.8) is 0 Å². The largest absolute Gasteiger partial charge is 0.493 e. The van der Waals surface area contributed by atoms with Crippen LogP contribution in [0.3, 0.4) is 0 Å². The van der Waals surface area contributed by atoms with E-state index in [1.165, 1.54) is 21.3 Å². The van der Waals surface area contributed by atoms with Gasteiger partial charge in [0.1, 0.15) is 0 Å². The number of rotatable bonds is 5. The second kappa shape index (κ2) is 7.35. The van der Waals surface area contributed by atoms with Gasteiger partial charge in [0, 0.05) is 17.3 Å². The Morgan fingerprint density at radius 1 is 1.04 bits per heavy atom. The molecule has 0 aliphatic heterocycles. The van der Waals surface area contributed by atoms with E-state index in [1.54, 1.807) is 30.5 Å². The van der Waals surface area contributed by atoms with Gasteiger partial charge in [0.2, 0.25) is 5.75 Å². The normalized spacial score (nSPS) is 10.7. The number of carbonyl (C=O) groups is 1. The molecule has 0 atom stereocenters. The topological polar surface area (TPSA) is 72.6 Å². The number of benzene rings is 2. The van der Waals surface area contributed by atoms with Crippen molar-refractivity contribution in [2.24, 2.45) is 0 Å². The van der Waals surface area contributed by atoms with Gasteiger partial charge in [-0.3, -0.25) is 4.79 Å². The average Bonchev–Trinajstić information content (AvgIpc) is 3.06. The number of halogens is 2. The van der Waals surface area contributed by atoms with Crippen molar-refractivity contribution >= 4 is 45.7 Å². The van der Waals surface area contributed by atoms with E-state index in [0.717, 1.165) is 0 Å². The van der Waals surface area contributed by atoms with Crippen LogP contribution in [-0.4, -0.2) is 32.2 Å². The molecule has 0 spiro atoms. The second-order valence-electron chi connectivity index (χ2n) is 5.35. The van der Waals surface area contributed by atoms with Crippen molar-refractivity contribution in [2.75, 3.05) is 26.6 Å². The van der Waals surface area contributed by atoms with Crippen LogP contribution in [0.5, 0.6) is 17.2 Å². The van der Waals surface area contributed by atoms with Crippen molar-refractivity contribution in [2.45, 2.75) is 0 Å². The molecule has 2 aromatic carbocycles. The molecule has 0 aliphatic carbocycles. The summed E-state index contributed by atoms with van der Waals surface area (Å²) in [5.74, 6) is 0.914. The molecule has 6 nitrogen and oxygen atoms in total. The summed E-state index contributed by atoms with van der Waals surface area (Å²) in [4.78, 5) is 15.9. The summed E-state index contributed by atoms with van der Waals surface area (Å²) in [5, 5.41) is 4.18. The van der Waals surface area contributed by atoms with Gasteiger partial charge in [-0.25, -0.2) is 0 Å². The van der Waals surface area contributed by atoms with Crippen LogP contribution in [0.2, 0.25) is 10.0 Å². The second-order valence-corrected chi connectivity index (χ2v) is 6.19. The Labute approximate surface area is 159 Å². The molecule has 136 valence electrons. The molecule has 8 heteroatoms. The first-order valence-corrected chi connectivity index (χ1v) is 8.32. The van der Waals surface area contributed by atoms with Gasteiger partial charge in [0.05, 0.1) is 48.5 Å². The summed E-state index contributed by atoms with van der Waals surface area (Å²) >= 11 is 12.1. The van der Waals surface area contributed by atoms with Gasteiger partial charge >= 0.3 is 0 Å². The SMILES string of the molecule is COc1cc2[nH]cc(C(=O)Nc3cc(Cl)ccc3Cl)c2c(OC)c1OC. The maximum absolute atomic E-state index is 12.8. The predicted octanol–water partition coefficient (Wildman–Crippen LogP) is 4.75. The Morgan fingerprint density at radius 3 is 2.42 bits per heavy atom. The fraction of sp³-hybridized carbons (Fsp3) is 0.167. The highest BCUT2D eigenvalue weighted by Gasteiger charge is 2.23. The monoisotopic (exact) mass is 394 g/mol. The lowest BCUT2D eigenvalue weighted by atomic mass is 10.1. The minimum atomic E-state index is -0.370. The Morgan fingerprint density at radius 2 is 1.77 bits per heavy atom. The summed E-state index contributed by atoms with van der Waals surface area (Å²) < 4.78 is 16.2. The molecule has 0 aliphatic rings. The predicted molar refractivity (Wildman–Crippen MR) is 102 cm³/mol. The molecular formula is C18H16Cl2N2O4. The zero-order valence-corrected chi connectivity index (χ0v) is 15.8. The Bertz CT molecular complexity index is 985. The number of amides is 1. The Kier molecular flexibility index (Phi) is 5.15. The van der Waals surface area contributed by atoms with E-state index in [1.807, 2.05) is 0 Å². The molecule has 0 saturated heterocycles. The maximum atomic E-state index is 12.8. The Hall–Kier alpha value is -2.57. The molecule has 3 rings (SSSR count). The maximum Gasteiger partial charge on any atom is 0.258 e. The summed E-state index contributed by atoms with van der Waals surface area (Å²) in [6.45, 7) is 0. The van der Waals surface area contributed by atoms with Gasteiger partial charge in [-0.2, -0.15) is 0 Å². The van der Waals surface area contributed by atoms with Crippen LogP contribution >= 0.6 is 23.2 Å². The fourth-order valence-corrected chi connectivity index (χ4v) is 3.06. The molecule has 0 unspecified atom stereocenters. The number of fused-ring (bicyclic) bond motifs is 1. The van der Waals surface area contributed by atoms with Gasteiger partial charge in [-0.15, -0.1) is 0 Å². The number of methoxy groups -OCH3 is 3. The van der Waals surface area contributed by atoms with Gasteiger partial charge in [0.25, 0.3) is 5.91 Å². The molecule has 0 bridgehead atoms. The van der Waals surface area contributed by atoms with Crippen molar-refractivity contribution in [1.82, 2.24) is 4.98 Å². The van der Waals surface area contributed by atoms with Crippen molar-refractivity contribution in [3.05, 3.63) is 46.1 Å². The summed E-state index contributed by atoms with van der Waals surface area (Å²) in [5.41, 5.74) is 1.45. The molecule has 0 saturated carbocycles. The van der Waals surface area contributed by atoms with E-state index in [-0.39, 0.29) is 5.91 Å². The van der Waals surface area contributed by atoms with Crippen LogP contribution < -0.4 is 19.5 Å². The van der Waals surface area contributed by atoms with E-state index in [0.29, 0.717) is 49.4 Å². The number of H-pyrrole nitrogens is 1. The Balaban J connectivity index is 2.10. The van der Waals surface area contributed by atoms with Gasteiger partial charge < -0.3 is 24.5 Å². The zero-order chi connectivity index (χ0) is 18.8. The van der Waals surface area contributed by atoms with Crippen molar-refractivity contribution < 1.29 is 19.0 Å². The van der Waals surface area contributed by atoms with Gasteiger partial charge in [-0.1, -0.05) is 23.2 Å². The van der Waals surface area contributed by atoms with Crippen molar-refractivity contribution in [3.8, 4) is 17.2 Å². The fourth-order valence-electron chi connectivity index (χ4n) is 2.72. The lowest BCUT2D eigenvalue weighted by Gasteiger charge is -2.14. The average molecular weight is 395 g/mol. The molecular weight excluding hydrogens is 379 g/mol. The molecule has 26 heavy (non-hydrogen) atoms. The standard InChI is InChI=1S/C18H16Cl2N2O4/c1-24-14-7-13-15(17(26-3)16(14)25-2)10(8-21-13)18(23)22-12-6-9(19)4-5-11(12)20/h4-8,21H,1-3H3,(H,22,23). The molecule has 3 aromatic rings. The van der Waals surface area contributed by atoms with E-state index in [4.69, 9.17) is 37.4 Å². The number of anilines is 1. The molecule has 2 N–H and O–H groups in total. The highest BCUT2D eigenvalue weighted by atomic mass is 35.5. The summed E-state index contributed by atoms with van der Waals surface area (Å²) in [7, 11) is 4.53. The minimum Gasteiger partial charge on any atom is -0.493 e. The first-order valence-electron chi connectivity index (χ1n) is 7.56. The van der Waals surface area contributed by atoms with Crippen LogP contribution in [0.4, 0.5) is 5.69 Å². The molecule has 1 aromatic heterocycles. The minimum absolute atomic E-state index is 0.369. The first-order chi connectivity index (χ1) is 12.5. The lowest BCUT2D eigenvalue weighted by molar-refractivity contribution is 0.102. The number of hydrogen-bond donors (Lipinski definition) is 2. The molecule has 1 amide bonds. The van der Waals surface area contributed by atoms with Crippen LogP contribution in [0.25, 0.3) is 10.9 Å².